The first-order valence-electron chi connectivity index (χ1n) is 10.8. The molecule has 0 radical (unpaired) electrons. The molecule has 5 atom stereocenters. The summed E-state index contributed by atoms with van der Waals surface area (Å²) in [6.45, 7) is -1.02. The molecule has 2 aromatic carbocycles. The Hall–Kier alpha value is -3.35. The van der Waals surface area contributed by atoms with Crippen LogP contribution < -0.4 is 0 Å². The summed E-state index contributed by atoms with van der Waals surface area (Å²) in [4.78, 5) is 51.4. The average molecular weight is 435 g/mol. The highest BCUT2D eigenvalue weighted by Crippen LogP contribution is 2.61. The Kier molecular flexibility index (Phi) is 5.12. The topological polar surface area (TPSA) is 80.8 Å². The highest BCUT2D eigenvalue weighted by atomic mass is 19.1. The quantitative estimate of drug-likeness (QED) is 0.396. The molecular weight excluding hydrogens is 413 g/mol. The Morgan fingerprint density at radius 2 is 1.62 bits per heavy atom. The van der Waals surface area contributed by atoms with Gasteiger partial charge in [-0.15, -0.1) is 0 Å². The molecule has 0 spiro atoms. The van der Waals surface area contributed by atoms with Crippen molar-refractivity contribution >= 4 is 23.6 Å². The van der Waals surface area contributed by atoms with Crippen LogP contribution in [0.15, 0.2) is 54.6 Å². The minimum atomic E-state index is -0.811. The lowest BCUT2D eigenvalue weighted by Crippen LogP contribution is -2.38. The third-order valence-corrected chi connectivity index (χ3v) is 7.15. The van der Waals surface area contributed by atoms with Crippen LogP contribution in [0.2, 0.25) is 0 Å². The minimum absolute atomic E-state index is 0.102. The number of ketones is 1. The van der Waals surface area contributed by atoms with Crippen molar-refractivity contribution in [2.75, 3.05) is 13.2 Å². The summed E-state index contributed by atoms with van der Waals surface area (Å²) in [6, 6.07) is 14.9. The zero-order chi connectivity index (χ0) is 22.4. The number of halogens is 1. The van der Waals surface area contributed by atoms with E-state index in [9.17, 15) is 23.6 Å². The maximum Gasteiger partial charge on any atom is 0.326 e. The predicted octanol–water partition coefficient (Wildman–Crippen LogP) is 2.98. The van der Waals surface area contributed by atoms with Crippen LogP contribution in [-0.4, -0.2) is 41.6 Å². The smallest absolute Gasteiger partial charge is 0.326 e. The number of carbonyl (C=O) groups is 4. The second kappa shape index (κ2) is 7.97. The lowest BCUT2D eigenvalue weighted by molar-refractivity contribution is -0.152. The van der Waals surface area contributed by atoms with Crippen LogP contribution in [0.4, 0.5) is 4.39 Å². The van der Waals surface area contributed by atoms with Crippen LogP contribution in [0.25, 0.3) is 0 Å². The van der Waals surface area contributed by atoms with Gasteiger partial charge in [0, 0.05) is 5.56 Å². The molecule has 2 amide bonds. The van der Waals surface area contributed by atoms with E-state index in [1.807, 2.05) is 18.2 Å². The summed E-state index contributed by atoms with van der Waals surface area (Å²) in [7, 11) is 0. The number of esters is 1. The first-order valence-corrected chi connectivity index (χ1v) is 10.8. The third kappa shape index (κ3) is 3.42. The summed E-state index contributed by atoms with van der Waals surface area (Å²) < 4.78 is 18.0. The van der Waals surface area contributed by atoms with Gasteiger partial charge in [-0.3, -0.25) is 24.1 Å². The first kappa shape index (κ1) is 20.5. The van der Waals surface area contributed by atoms with Crippen molar-refractivity contribution in [3.8, 4) is 0 Å². The van der Waals surface area contributed by atoms with Crippen LogP contribution in [0.3, 0.4) is 0 Å². The third-order valence-electron chi connectivity index (χ3n) is 7.15. The van der Waals surface area contributed by atoms with Gasteiger partial charge in [0.05, 0.1) is 11.8 Å². The number of hydrogen-bond acceptors (Lipinski definition) is 5. The predicted molar refractivity (Wildman–Crippen MR) is 111 cm³/mol. The number of rotatable bonds is 6. The molecule has 6 nitrogen and oxygen atoms in total. The Morgan fingerprint density at radius 1 is 0.938 bits per heavy atom. The van der Waals surface area contributed by atoms with Crippen molar-refractivity contribution in [1.29, 1.82) is 0 Å². The maximum atomic E-state index is 13.1. The van der Waals surface area contributed by atoms with Crippen molar-refractivity contribution in [1.82, 2.24) is 4.90 Å². The second-order valence-electron chi connectivity index (χ2n) is 8.82. The molecular formula is C25H22FNO5. The number of nitrogens with zero attached hydrogens (tertiary/aromatic N) is 1. The summed E-state index contributed by atoms with van der Waals surface area (Å²) >= 11 is 0. The van der Waals surface area contributed by atoms with Gasteiger partial charge in [-0.1, -0.05) is 30.3 Å². The molecule has 164 valence electrons. The molecule has 1 heterocycles. The number of fused-ring (bicyclic) bond motifs is 5. The number of hydrogen-bond donors (Lipinski definition) is 0. The molecule has 3 aliphatic rings. The Bertz CT molecular complexity index is 1080. The number of carbonyl (C=O) groups excluding carboxylic acids is 4. The molecule has 1 aliphatic heterocycles. The average Bonchev–Trinajstić information content (AvgIpc) is 3.46. The van der Waals surface area contributed by atoms with E-state index in [0.717, 1.165) is 29.9 Å². The molecule has 0 N–H and O–H groups in total. The van der Waals surface area contributed by atoms with Gasteiger partial charge in [-0.05, 0) is 60.4 Å². The van der Waals surface area contributed by atoms with E-state index in [0.29, 0.717) is 0 Å². The molecule has 2 saturated carbocycles. The SMILES string of the molecule is O=C(CN1C(=O)[C@@H]2[C@@H]3C[C@@H]([C@@H]2C1=O)[C@@H](c1ccccc1)C3)OCC(=O)c1ccc(F)cc1. The van der Waals surface area contributed by atoms with Gasteiger partial charge < -0.3 is 4.74 Å². The minimum Gasteiger partial charge on any atom is -0.456 e. The maximum absolute atomic E-state index is 13.1. The van der Waals surface area contributed by atoms with E-state index in [4.69, 9.17) is 4.74 Å². The number of imide groups is 1. The molecule has 1 saturated heterocycles. The lowest BCUT2D eigenvalue weighted by Gasteiger charge is -2.28. The Balaban J connectivity index is 1.22. The van der Waals surface area contributed by atoms with E-state index in [-0.39, 0.29) is 47.0 Å². The van der Waals surface area contributed by atoms with Crippen LogP contribution in [0.5, 0.6) is 0 Å². The molecule has 2 aliphatic carbocycles. The van der Waals surface area contributed by atoms with Gasteiger partial charge in [0.2, 0.25) is 11.8 Å². The van der Waals surface area contributed by atoms with E-state index in [1.54, 1.807) is 0 Å². The molecule has 2 bridgehead atoms. The van der Waals surface area contributed by atoms with Crippen LogP contribution in [0.1, 0.15) is 34.7 Å². The van der Waals surface area contributed by atoms with Gasteiger partial charge in [0.1, 0.15) is 12.4 Å². The highest BCUT2D eigenvalue weighted by molar-refractivity contribution is 6.08. The number of likely N-dealkylation sites (tertiary alicyclic amines) is 1. The van der Waals surface area contributed by atoms with Crippen molar-refractivity contribution in [2.45, 2.75) is 18.8 Å². The summed E-state index contributed by atoms with van der Waals surface area (Å²) in [5.74, 6) is -2.64. The van der Waals surface area contributed by atoms with Gasteiger partial charge in [-0.25, -0.2) is 4.39 Å². The summed E-state index contributed by atoms with van der Waals surface area (Å²) in [5, 5.41) is 0. The van der Waals surface area contributed by atoms with Crippen LogP contribution >= 0.6 is 0 Å². The van der Waals surface area contributed by atoms with Crippen molar-refractivity contribution in [3.05, 3.63) is 71.5 Å². The number of ether oxygens (including phenoxy) is 1. The van der Waals surface area contributed by atoms with Gasteiger partial charge in [-0.2, -0.15) is 0 Å². The number of benzene rings is 2. The summed E-state index contributed by atoms with van der Waals surface area (Å²) in [5.41, 5.74) is 1.40. The van der Waals surface area contributed by atoms with Gasteiger partial charge in [0.25, 0.3) is 0 Å². The molecule has 5 rings (SSSR count). The monoisotopic (exact) mass is 435 g/mol. The van der Waals surface area contributed by atoms with E-state index < -0.39 is 30.7 Å². The van der Waals surface area contributed by atoms with Crippen LogP contribution in [-0.2, 0) is 19.1 Å². The van der Waals surface area contributed by atoms with Gasteiger partial charge >= 0.3 is 5.97 Å². The molecule has 7 heteroatoms. The Labute approximate surface area is 184 Å². The largest absolute Gasteiger partial charge is 0.456 e. The molecule has 32 heavy (non-hydrogen) atoms. The summed E-state index contributed by atoms with van der Waals surface area (Å²) in [6.07, 6.45) is 1.73. The molecule has 3 fully saturated rings. The van der Waals surface area contributed by atoms with E-state index in [1.165, 1.54) is 17.7 Å². The Morgan fingerprint density at radius 3 is 2.34 bits per heavy atom. The fourth-order valence-electron chi connectivity index (χ4n) is 5.80. The fourth-order valence-corrected chi connectivity index (χ4v) is 5.80. The standard InChI is InChI=1S/C25H22FNO5/c26-17-8-6-15(7-9-17)20(28)13-32-21(29)12-27-24(30)22-16-10-18(14-4-2-1-3-5-14)19(11-16)23(22)25(27)31/h1-9,16,18-19,22-23H,10-13H2/t16-,18+,19+,22+,23-/m0/s1. The highest BCUT2D eigenvalue weighted by Gasteiger charge is 2.64. The zero-order valence-corrected chi connectivity index (χ0v) is 17.3. The normalized spacial score (nSPS) is 28.2. The number of amides is 2. The van der Waals surface area contributed by atoms with Gasteiger partial charge in [0.15, 0.2) is 12.4 Å². The molecule has 0 aromatic heterocycles. The molecule has 2 aromatic rings. The lowest BCUT2D eigenvalue weighted by atomic mass is 9.73. The van der Waals surface area contributed by atoms with Crippen LogP contribution in [0, 0.1) is 29.5 Å². The second-order valence-corrected chi connectivity index (χ2v) is 8.82. The molecule has 0 unspecified atom stereocenters. The van der Waals surface area contributed by atoms with Crippen molar-refractivity contribution < 1.29 is 28.3 Å². The van der Waals surface area contributed by atoms with E-state index >= 15 is 0 Å². The van der Waals surface area contributed by atoms with Crippen molar-refractivity contribution in [2.24, 2.45) is 23.7 Å². The fraction of sp³-hybridized carbons (Fsp3) is 0.360. The number of Topliss-reactive ketones (excluding diaryl/α,β-unsaturated/α-hetero) is 1. The zero-order valence-electron chi connectivity index (χ0n) is 17.3. The first-order chi connectivity index (χ1) is 15.4. The van der Waals surface area contributed by atoms with Crippen molar-refractivity contribution in [3.63, 3.8) is 0 Å². The van der Waals surface area contributed by atoms with E-state index in [2.05, 4.69) is 12.1 Å².